The number of carbonyl (C=O) groups is 3. The largest absolute Gasteiger partial charge is 0.481 e. The second-order valence-electron chi connectivity index (χ2n) is 7.25. The van der Waals surface area contributed by atoms with Gasteiger partial charge < -0.3 is 15.7 Å². The number of nitriles is 1. The molecule has 0 radical (unpaired) electrons. The predicted molar refractivity (Wildman–Crippen MR) is 122 cm³/mol. The van der Waals surface area contributed by atoms with Crippen LogP contribution in [0.3, 0.4) is 0 Å². The molecule has 3 N–H and O–H groups in total. The average Bonchev–Trinajstić information content (AvgIpc) is 3.09. The van der Waals surface area contributed by atoms with Crippen molar-refractivity contribution < 1.29 is 19.5 Å². The van der Waals surface area contributed by atoms with Gasteiger partial charge in [-0.2, -0.15) is 5.26 Å². The molecule has 2 aromatic rings. The molecule has 1 heterocycles. The lowest BCUT2D eigenvalue weighted by Crippen LogP contribution is -2.22. The number of anilines is 2. The van der Waals surface area contributed by atoms with Crippen molar-refractivity contribution in [3.63, 3.8) is 0 Å². The number of carboxylic acids is 1. The van der Waals surface area contributed by atoms with E-state index in [1.807, 2.05) is 6.07 Å². The summed E-state index contributed by atoms with van der Waals surface area (Å²) in [6.07, 6.45) is 3.70. The van der Waals surface area contributed by atoms with Crippen molar-refractivity contribution in [1.82, 2.24) is 0 Å². The third kappa shape index (κ3) is 6.09. The van der Waals surface area contributed by atoms with Gasteiger partial charge in [-0.1, -0.05) is 6.07 Å². The Bertz CT molecular complexity index is 1040. The number of thioether (sulfide) groups is 1. The molecule has 0 bridgehead atoms. The van der Waals surface area contributed by atoms with E-state index in [0.717, 1.165) is 36.1 Å². The fourth-order valence-corrected chi connectivity index (χ4v) is 5.50. The number of rotatable bonds is 8. The summed E-state index contributed by atoms with van der Waals surface area (Å²) in [6, 6.07) is 9.32. The van der Waals surface area contributed by atoms with Crippen LogP contribution in [0.2, 0.25) is 0 Å². The van der Waals surface area contributed by atoms with Gasteiger partial charge in [-0.15, -0.1) is 23.1 Å². The first-order valence-corrected chi connectivity index (χ1v) is 11.7. The molecule has 1 aromatic heterocycles. The first-order chi connectivity index (χ1) is 14.9. The highest BCUT2D eigenvalue weighted by Gasteiger charge is 2.23. The molecule has 1 aromatic carbocycles. The zero-order chi connectivity index (χ0) is 22.4. The average molecular weight is 458 g/mol. The summed E-state index contributed by atoms with van der Waals surface area (Å²) in [6.45, 7) is 1.79. The minimum absolute atomic E-state index is 0.0997. The van der Waals surface area contributed by atoms with E-state index in [1.54, 1.807) is 25.1 Å². The van der Waals surface area contributed by atoms with E-state index < -0.39 is 11.2 Å². The molecule has 1 aliphatic carbocycles. The molecule has 9 heteroatoms. The van der Waals surface area contributed by atoms with E-state index in [0.29, 0.717) is 16.3 Å². The second-order valence-corrected chi connectivity index (χ2v) is 9.77. The summed E-state index contributed by atoms with van der Waals surface area (Å²) >= 11 is 2.84. The lowest BCUT2D eigenvalue weighted by molar-refractivity contribution is -0.138. The molecule has 0 saturated heterocycles. The van der Waals surface area contributed by atoms with E-state index in [-0.39, 0.29) is 24.7 Å². The maximum atomic E-state index is 12.7. The van der Waals surface area contributed by atoms with E-state index >= 15 is 0 Å². The third-order valence-electron chi connectivity index (χ3n) is 4.89. The lowest BCUT2D eigenvalue weighted by Gasteiger charge is -2.12. The molecule has 0 saturated carbocycles. The Kier molecular flexibility index (Phi) is 7.71. The molecule has 0 spiro atoms. The van der Waals surface area contributed by atoms with Gasteiger partial charge in [0.2, 0.25) is 11.8 Å². The second kappa shape index (κ2) is 10.5. The smallest absolute Gasteiger partial charge is 0.303 e. The highest BCUT2D eigenvalue weighted by atomic mass is 32.2. The number of amides is 2. The van der Waals surface area contributed by atoms with Crippen molar-refractivity contribution in [3.05, 3.63) is 40.3 Å². The SMILES string of the molecule is CC(Sc1cccc(NC(=O)CCC(=O)O)c1)C(=O)Nc1sc2c(c1C#N)CCCC2. The quantitative estimate of drug-likeness (QED) is 0.505. The van der Waals surface area contributed by atoms with Gasteiger partial charge in [0.05, 0.1) is 17.2 Å². The molecular weight excluding hydrogens is 434 g/mol. The summed E-state index contributed by atoms with van der Waals surface area (Å²) in [5.74, 6) is -1.58. The minimum atomic E-state index is -1.02. The number of thiophene rings is 1. The molecule has 2 amide bonds. The number of aryl methyl sites for hydroxylation is 1. The molecule has 7 nitrogen and oxygen atoms in total. The predicted octanol–water partition coefficient (Wildman–Crippen LogP) is 4.42. The van der Waals surface area contributed by atoms with Crippen LogP contribution in [0.15, 0.2) is 29.2 Å². The molecule has 162 valence electrons. The zero-order valence-electron chi connectivity index (χ0n) is 17.1. The third-order valence-corrected chi connectivity index (χ3v) is 7.19. The monoisotopic (exact) mass is 457 g/mol. The first kappa shape index (κ1) is 22.8. The number of fused-ring (bicyclic) bond motifs is 1. The van der Waals surface area contributed by atoms with Crippen LogP contribution in [0.5, 0.6) is 0 Å². The van der Waals surface area contributed by atoms with Crippen LogP contribution >= 0.6 is 23.1 Å². The summed E-state index contributed by atoms with van der Waals surface area (Å²) < 4.78 is 0. The highest BCUT2D eigenvalue weighted by molar-refractivity contribution is 8.00. The number of carbonyl (C=O) groups excluding carboxylic acids is 2. The van der Waals surface area contributed by atoms with Crippen LogP contribution in [0.1, 0.15) is 48.6 Å². The van der Waals surface area contributed by atoms with Crippen molar-refractivity contribution in [2.45, 2.75) is 55.6 Å². The Morgan fingerprint density at radius 1 is 1.23 bits per heavy atom. The lowest BCUT2D eigenvalue weighted by atomic mass is 9.96. The fraction of sp³-hybridized carbons (Fsp3) is 0.364. The van der Waals surface area contributed by atoms with Gasteiger partial charge >= 0.3 is 5.97 Å². The minimum Gasteiger partial charge on any atom is -0.481 e. The van der Waals surface area contributed by atoms with Gasteiger partial charge in [0.15, 0.2) is 0 Å². The first-order valence-electron chi connectivity index (χ1n) is 10.0. The van der Waals surface area contributed by atoms with Crippen molar-refractivity contribution in [2.24, 2.45) is 0 Å². The standard InChI is InChI=1S/C22H23N3O4S2/c1-13(21(29)25-22-17(12-23)16-7-2-3-8-18(16)31-22)30-15-6-4-5-14(11-15)24-19(26)9-10-20(27)28/h4-6,11,13H,2-3,7-10H2,1H3,(H,24,26)(H,25,29)(H,27,28). The van der Waals surface area contributed by atoms with Gasteiger partial charge in [-0.05, 0) is 56.4 Å². The van der Waals surface area contributed by atoms with Gasteiger partial charge in [0.1, 0.15) is 11.1 Å². The maximum Gasteiger partial charge on any atom is 0.303 e. The maximum absolute atomic E-state index is 12.7. The fourth-order valence-electron chi connectivity index (χ4n) is 3.33. The van der Waals surface area contributed by atoms with Gasteiger partial charge in [-0.3, -0.25) is 14.4 Å². The molecule has 1 unspecified atom stereocenters. The molecule has 0 fully saturated rings. The van der Waals surface area contributed by atoms with Crippen LogP contribution in [-0.4, -0.2) is 28.1 Å². The summed E-state index contributed by atoms with van der Waals surface area (Å²) in [5.41, 5.74) is 2.22. The number of aliphatic carboxylic acids is 1. The number of carboxylic acid groups (broad SMARTS) is 1. The van der Waals surface area contributed by atoms with Crippen LogP contribution < -0.4 is 10.6 Å². The van der Waals surface area contributed by atoms with Crippen LogP contribution in [0.25, 0.3) is 0 Å². The number of hydrogen-bond acceptors (Lipinski definition) is 6. The van der Waals surface area contributed by atoms with E-state index in [4.69, 9.17) is 5.11 Å². The van der Waals surface area contributed by atoms with E-state index in [9.17, 15) is 19.6 Å². The van der Waals surface area contributed by atoms with Crippen molar-refractivity contribution in [3.8, 4) is 6.07 Å². The summed E-state index contributed by atoms with van der Waals surface area (Å²) in [5, 5.41) is 24.0. The number of benzene rings is 1. The highest BCUT2D eigenvalue weighted by Crippen LogP contribution is 2.38. The molecule has 0 aliphatic heterocycles. The normalized spacial score (nSPS) is 13.5. The van der Waals surface area contributed by atoms with Crippen molar-refractivity contribution in [2.75, 3.05) is 10.6 Å². The number of nitrogens with zero attached hydrogens (tertiary/aromatic N) is 1. The molecule has 1 aliphatic rings. The van der Waals surface area contributed by atoms with Crippen LogP contribution in [-0.2, 0) is 27.2 Å². The molecule has 31 heavy (non-hydrogen) atoms. The molecule has 1 atom stereocenters. The number of hydrogen-bond donors (Lipinski definition) is 3. The Labute approximate surface area is 188 Å². The van der Waals surface area contributed by atoms with E-state index in [1.165, 1.54) is 28.0 Å². The van der Waals surface area contributed by atoms with Crippen LogP contribution in [0.4, 0.5) is 10.7 Å². The summed E-state index contributed by atoms with van der Waals surface area (Å²) in [4.78, 5) is 37.2. The Morgan fingerprint density at radius 2 is 2.00 bits per heavy atom. The number of nitrogens with one attached hydrogen (secondary N) is 2. The van der Waals surface area contributed by atoms with Crippen molar-refractivity contribution >= 4 is 51.6 Å². The Balaban J connectivity index is 1.61. The Morgan fingerprint density at radius 3 is 2.74 bits per heavy atom. The Hall–Kier alpha value is -2.83. The molecule has 3 rings (SSSR count). The van der Waals surface area contributed by atoms with Gasteiger partial charge in [0.25, 0.3) is 0 Å². The topological polar surface area (TPSA) is 119 Å². The van der Waals surface area contributed by atoms with Crippen molar-refractivity contribution in [1.29, 1.82) is 5.26 Å². The van der Waals surface area contributed by atoms with E-state index in [2.05, 4.69) is 16.7 Å². The summed E-state index contributed by atoms with van der Waals surface area (Å²) in [7, 11) is 0. The zero-order valence-corrected chi connectivity index (χ0v) is 18.7. The van der Waals surface area contributed by atoms with Gasteiger partial charge in [0, 0.05) is 21.9 Å². The van der Waals surface area contributed by atoms with Crippen LogP contribution in [0, 0.1) is 11.3 Å². The van der Waals surface area contributed by atoms with Gasteiger partial charge in [-0.25, -0.2) is 0 Å². The molecular formula is C22H23N3O4S2.